The second kappa shape index (κ2) is 8.73. The van der Waals surface area contributed by atoms with E-state index >= 15 is 0 Å². The molecule has 0 unspecified atom stereocenters. The molecule has 8 heteroatoms. The molecule has 0 bridgehead atoms. The molecule has 0 aromatic carbocycles. The van der Waals surface area contributed by atoms with Crippen molar-refractivity contribution in [1.29, 1.82) is 0 Å². The fourth-order valence-electron chi connectivity index (χ4n) is 0.329. The molecule has 0 atom stereocenters. The van der Waals surface area contributed by atoms with Gasteiger partial charge in [0.1, 0.15) is 0 Å². The molecule has 0 aromatic heterocycles. The summed E-state index contributed by atoms with van der Waals surface area (Å²) in [7, 11) is 0. The lowest BCUT2D eigenvalue weighted by atomic mass is 10.6. The van der Waals surface area contributed by atoms with Crippen molar-refractivity contribution in [3.8, 4) is 0 Å². The lowest BCUT2D eigenvalue weighted by molar-refractivity contribution is -0.192. The van der Waals surface area contributed by atoms with E-state index < -0.39 is 12.1 Å². The third-order valence-electron chi connectivity index (χ3n) is 0.885. The number of aliphatic carboxylic acids is 1. The highest BCUT2D eigenvalue weighted by molar-refractivity contribution is 5.73. The molecule has 0 saturated carbocycles. The predicted octanol–water partition coefficient (Wildman–Crippen LogP) is -0.873. The maximum atomic E-state index is 10.6. The molecule has 5 nitrogen and oxygen atoms in total. The molecule has 0 fully saturated rings. The quantitative estimate of drug-likeness (QED) is 0.458. The Bertz CT molecular complexity index is 148. The van der Waals surface area contributed by atoms with Gasteiger partial charge >= 0.3 is 12.1 Å². The molecular formula is C6H14F3N3O2. The zero-order chi connectivity index (χ0) is 11.6. The molecule has 14 heavy (non-hydrogen) atoms. The monoisotopic (exact) mass is 217 g/mol. The summed E-state index contributed by atoms with van der Waals surface area (Å²) in [5.41, 5.74) is 10.3. The lowest BCUT2D eigenvalue weighted by Gasteiger charge is -1.95. The van der Waals surface area contributed by atoms with Crippen molar-refractivity contribution >= 4 is 5.97 Å². The first kappa shape index (κ1) is 15.6. The van der Waals surface area contributed by atoms with Gasteiger partial charge in [0.05, 0.1) is 0 Å². The molecule has 0 rings (SSSR count). The van der Waals surface area contributed by atoms with Gasteiger partial charge in [-0.15, -0.1) is 0 Å². The van der Waals surface area contributed by atoms with Gasteiger partial charge in [0.25, 0.3) is 0 Å². The van der Waals surface area contributed by atoms with Crippen molar-refractivity contribution in [3.63, 3.8) is 0 Å². The maximum Gasteiger partial charge on any atom is 0.490 e. The molecule has 0 amide bonds. The first-order valence-corrected chi connectivity index (χ1v) is 3.77. The predicted molar refractivity (Wildman–Crippen MR) is 44.7 cm³/mol. The minimum atomic E-state index is -5.08. The third kappa shape index (κ3) is 13.7. The maximum absolute atomic E-state index is 10.6. The molecule has 0 saturated heterocycles. The molecule has 0 heterocycles. The summed E-state index contributed by atoms with van der Waals surface area (Å²) in [6, 6.07) is 0. The third-order valence-corrected chi connectivity index (χ3v) is 0.885. The van der Waals surface area contributed by atoms with Crippen LogP contribution in [0.5, 0.6) is 0 Å². The summed E-state index contributed by atoms with van der Waals surface area (Å²) < 4.78 is 31.7. The van der Waals surface area contributed by atoms with Crippen LogP contribution in [0.25, 0.3) is 0 Å². The van der Waals surface area contributed by atoms with E-state index in [0.717, 1.165) is 13.1 Å². The Kier molecular flexibility index (Phi) is 9.73. The van der Waals surface area contributed by atoms with Gasteiger partial charge in [0.15, 0.2) is 0 Å². The highest BCUT2D eigenvalue weighted by atomic mass is 19.4. The van der Waals surface area contributed by atoms with Crippen LogP contribution in [0.15, 0.2) is 0 Å². The fourth-order valence-corrected chi connectivity index (χ4v) is 0.329. The summed E-state index contributed by atoms with van der Waals surface area (Å²) in [6.07, 6.45) is -5.08. The fraction of sp³-hybridized carbons (Fsp3) is 0.833. The summed E-state index contributed by atoms with van der Waals surface area (Å²) in [5.74, 6) is -2.76. The highest BCUT2D eigenvalue weighted by Gasteiger charge is 2.38. The zero-order valence-corrected chi connectivity index (χ0v) is 7.47. The number of carboxylic acids is 1. The Balaban J connectivity index is 0. The van der Waals surface area contributed by atoms with Crippen LogP contribution in [0.1, 0.15) is 0 Å². The molecule has 86 valence electrons. The SMILES string of the molecule is NCCNCCN.O=C(O)C(F)(F)F. The number of hydrogen-bond donors (Lipinski definition) is 4. The van der Waals surface area contributed by atoms with Crippen LogP contribution in [0.4, 0.5) is 13.2 Å². The largest absolute Gasteiger partial charge is 0.490 e. The molecule has 0 aliphatic carbocycles. The van der Waals surface area contributed by atoms with Crippen LogP contribution in [0.3, 0.4) is 0 Å². The van der Waals surface area contributed by atoms with Gasteiger partial charge in [-0.05, 0) is 0 Å². The number of carboxylic acid groups (broad SMARTS) is 1. The van der Waals surface area contributed by atoms with Crippen LogP contribution < -0.4 is 16.8 Å². The summed E-state index contributed by atoms with van der Waals surface area (Å²) in [5, 5.41) is 10.2. The standard InChI is InChI=1S/C4H13N3.C2HF3O2/c5-1-3-7-4-2-6;3-2(4,5)1(6)7/h7H,1-6H2;(H,6,7). The smallest absolute Gasteiger partial charge is 0.475 e. The van der Waals surface area contributed by atoms with Crippen LogP contribution in [-0.2, 0) is 4.79 Å². The Labute approximate surface area is 79.3 Å². The van der Waals surface area contributed by atoms with E-state index in [9.17, 15) is 13.2 Å². The Morgan fingerprint density at radius 1 is 1.21 bits per heavy atom. The highest BCUT2D eigenvalue weighted by Crippen LogP contribution is 2.13. The Morgan fingerprint density at radius 2 is 1.50 bits per heavy atom. The van der Waals surface area contributed by atoms with Crippen LogP contribution in [-0.4, -0.2) is 43.4 Å². The van der Waals surface area contributed by atoms with Gasteiger partial charge in [-0.3, -0.25) is 0 Å². The van der Waals surface area contributed by atoms with Crippen LogP contribution >= 0.6 is 0 Å². The summed E-state index contributed by atoms with van der Waals surface area (Å²) in [6.45, 7) is 3.13. The summed E-state index contributed by atoms with van der Waals surface area (Å²) >= 11 is 0. The summed E-state index contributed by atoms with van der Waals surface area (Å²) in [4.78, 5) is 8.90. The van der Waals surface area contributed by atoms with Crippen molar-refractivity contribution in [3.05, 3.63) is 0 Å². The number of halogens is 3. The lowest BCUT2D eigenvalue weighted by Crippen LogP contribution is -2.27. The molecule has 0 radical (unpaired) electrons. The number of carbonyl (C=O) groups is 1. The van der Waals surface area contributed by atoms with Gasteiger partial charge in [-0.1, -0.05) is 0 Å². The molecule has 0 spiro atoms. The number of nitrogens with one attached hydrogen (secondary N) is 1. The minimum absolute atomic E-state index is 0.694. The first-order chi connectivity index (χ1) is 6.36. The Hall–Kier alpha value is -0.860. The van der Waals surface area contributed by atoms with E-state index in [1.165, 1.54) is 0 Å². The van der Waals surface area contributed by atoms with Crippen molar-refractivity contribution in [2.75, 3.05) is 26.2 Å². The van der Waals surface area contributed by atoms with E-state index in [1.807, 2.05) is 0 Å². The van der Waals surface area contributed by atoms with E-state index in [1.54, 1.807) is 0 Å². The van der Waals surface area contributed by atoms with Gasteiger partial charge < -0.3 is 21.9 Å². The van der Waals surface area contributed by atoms with Crippen molar-refractivity contribution in [2.24, 2.45) is 11.5 Å². The Morgan fingerprint density at radius 3 is 1.64 bits per heavy atom. The van der Waals surface area contributed by atoms with Gasteiger partial charge in [-0.2, -0.15) is 13.2 Å². The van der Waals surface area contributed by atoms with Crippen LogP contribution in [0, 0.1) is 0 Å². The zero-order valence-electron chi connectivity index (χ0n) is 7.47. The minimum Gasteiger partial charge on any atom is -0.475 e. The van der Waals surface area contributed by atoms with Crippen molar-refractivity contribution in [1.82, 2.24) is 5.32 Å². The van der Waals surface area contributed by atoms with E-state index in [0.29, 0.717) is 13.1 Å². The number of alkyl halides is 3. The van der Waals surface area contributed by atoms with Gasteiger partial charge in [-0.25, -0.2) is 4.79 Å². The average molecular weight is 217 g/mol. The van der Waals surface area contributed by atoms with Crippen molar-refractivity contribution in [2.45, 2.75) is 6.18 Å². The second-order valence-electron chi connectivity index (χ2n) is 2.13. The average Bonchev–Trinajstić information content (AvgIpc) is 2.05. The second-order valence-corrected chi connectivity index (χ2v) is 2.13. The van der Waals surface area contributed by atoms with Gasteiger partial charge in [0, 0.05) is 26.2 Å². The number of rotatable bonds is 4. The molecule has 0 aromatic rings. The van der Waals surface area contributed by atoms with E-state index in [4.69, 9.17) is 21.4 Å². The molecule has 0 aliphatic rings. The van der Waals surface area contributed by atoms with Crippen LogP contribution in [0.2, 0.25) is 0 Å². The number of nitrogens with two attached hydrogens (primary N) is 2. The number of hydrogen-bond acceptors (Lipinski definition) is 4. The first-order valence-electron chi connectivity index (χ1n) is 3.77. The van der Waals surface area contributed by atoms with Gasteiger partial charge in [0.2, 0.25) is 0 Å². The molecule has 6 N–H and O–H groups in total. The van der Waals surface area contributed by atoms with E-state index in [-0.39, 0.29) is 0 Å². The van der Waals surface area contributed by atoms with E-state index in [2.05, 4.69) is 5.32 Å². The normalized spacial score (nSPS) is 10.4. The van der Waals surface area contributed by atoms with Crippen molar-refractivity contribution < 1.29 is 23.1 Å². The molecular weight excluding hydrogens is 203 g/mol. The molecule has 0 aliphatic heterocycles. The topological polar surface area (TPSA) is 101 Å².